The van der Waals surface area contributed by atoms with Crippen molar-refractivity contribution in [2.24, 2.45) is 11.7 Å². The van der Waals surface area contributed by atoms with Gasteiger partial charge in [-0.05, 0) is 37.0 Å². The quantitative estimate of drug-likeness (QED) is 0.902. The highest BCUT2D eigenvalue weighted by Crippen LogP contribution is 2.30. The Labute approximate surface area is 106 Å². The second-order valence-corrected chi connectivity index (χ2v) is 5.69. The van der Waals surface area contributed by atoms with Crippen molar-refractivity contribution >= 4 is 21.6 Å². The average molecular weight is 283 g/mol. The summed E-state index contributed by atoms with van der Waals surface area (Å²) in [6, 6.07) is 6.59. The van der Waals surface area contributed by atoms with Gasteiger partial charge in [-0.2, -0.15) is 0 Å². The maximum absolute atomic E-state index is 5.90. The van der Waals surface area contributed by atoms with Crippen molar-refractivity contribution in [2.45, 2.75) is 26.3 Å². The normalized spacial score (nSPS) is 22.5. The predicted octanol–water partition coefficient (Wildman–Crippen LogP) is 3.32. The molecule has 1 aromatic rings. The lowest BCUT2D eigenvalue weighted by Gasteiger charge is -2.20. The molecule has 2 nitrogen and oxygen atoms in total. The SMILES string of the molecule is CC1CCN(c2ccc(C(C)N)c(Br)c2)C1. The first-order valence-corrected chi connectivity index (χ1v) is 6.67. The first-order chi connectivity index (χ1) is 7.58. The molecule has 0 radical (unpaired) electrons. The first-order valence-electron chi connectivity index (χ1n) is 5.88. The van der Waals surface area contributed by atoms with Gasteiger partial charge in [-0.3, -0.25) is 0 Å². The van der Waals surface area contributed by atoms with Gasteiger partial charge in [-0.15, -0.1) is 0 Å². The maximum atomic E-state index is 5.90. The Balaban J connectivity index is 2.21. The van der Waals surface area contributed by atoms with Crippen LogP contribution in [0.3, 0.4) is 0 Å². The number of anilines is 1. The van der Waals surface area contributed by atoms with Gasteiger partial charge in [-0.1, -0.05) is 28.9 Å². The molecule has 0 aromatic heterocycles. The largest absolute Gasteiger partial charge is 0.371 e. The van der Waals surface area contributed by atoms with Gasteiger partial charge in [0.25, 0.3) is 0 Å². The molecule has 2 atom stereocenters. The number of hydrogen-bond acceptors (Lipinski definition) is 2. The number of hydrogen-bond donors (Lipinski definition) is 1. The van der Waals surface area contributed by atoms with Gasteiger partial charge >= 0.3 is 0 Å². The summed E-state index contributed by atoms with van der Waals surface area (Å²) in [6.45, 7) is 6.66. The Morgan fingerprint density at radius 2 is 2.25 bits per heavy atom. The van der Waals surface area contributed by atoms with E-state index in [9.17, 15) is 0 Å². The molecule has 2 N–H and O–H groups in total. The molecule has 3 heteroatoms. The molecule has 1 aliphatic heterocycles. The summed E-state index contributed by atoms with van der Waals surface area (Å²) in [7, 11) is 0. The van der Waals surface area contributed by atoms with E-state index in [1.54, 1.807) is 0 Å². The van der Waals surface area contributed by atoms with Crippen LogP contribution in [0.2, 0.25) is 0 Å². The zero-order valence-corrected chi connectivity index (χ0v) is 11.5. The van der Waals surface area contributed by atoms with E-state index in [1.165, 1.54) is 30.8 Å². The summed E-state index contributed by atoms with van der Waals surface area (Å²) in [5.41, 5.74) is 8.38. The van der Waals surface area contributed by atoms with Crippen LogP contribution in [-0.2, 0) is 0 Å². The van der Waals surface area contributed by atoms with Crippen LogP contribution >= 0.6 is 15.9 Å². The highest BCUT2D eigenvalue weighted by atomic mass is 79.9. The Morgan fingerprint density at radius 1 is 1.50 bits per heavy atom. The summed E-state index contributed by atoms with van der Waals surface area (Å²) in [4.78, 5) is 2.44. The average Bonchev–Trinajstić information content (AvgIpc) is 2.64. The lowest BCUT2D eigenvalue weighted by Crippen LogP contribution is -2.19. The molecule has 2 unspecified atom stereocenters. The monoisotopic (exact) mass is 282 g/mol. The Hall–Kier alpha value is -0.540. The molecule has 0 saturated carbocycles. The molecule has 2 rings (SSSR count). The number of nitrogens with two attached hydrogens (primary N) is 1. The molecule has 16 heavy (non-hydrogen) atoms. The maximum Gasteiger partial charge on any atom is 0.0377 e. The zero-order chi connectivity index (χ0) is 11.7. The molecular formula is C13H19BrN2. The second-order valence-electron chi connectivity index (χ2n) is 4.83. The van der Waals surface area contributed by atoms with Gasteiger partial charge in [0, 0.05) is 29.3 Å². The Kier molecular flexibility index (Phi) is 3.55. The van der Waals surface area contributed by atoms with E-state index in [4.69, 9.17) is 5.73 Å². The Bertz CT molecular complexity index is 376. The van der Waals surface area contributed by atoms with Crippen molar-refractivity contribution in [3.63, 3.8) is 0 Å². The van der Waals surface area contributed by atoms with Crippen molar-refractivity contribution in [3.05, 3.63) is 28.2 Å². The van der Waals surface area contributed by atoms with Crippen molar-refractivity contribution in [2.75, 3.05) is 18.0 Å². The van der Waals surface area contributed by atoms with Gasteiger partial charge in [-0.25, -0.2) is 0 Å². The molecular weight excluding hydrogens is 264 g/mol. The van der Waals surface area contributed by atoms with Crippen LogP contribution in [0.1, 0.15) is 31.9 Å². The van der Waals surface area contributed by atoms with Crippen LogP contribution < -0.4 is 10.6 Å². The standard InChI is InChI=1S/C13H19BrN2/c1-9-5-6-16(8-9)11-3-4-12(10(2)15)13(14)7-11/h3-4,7,9-10H,5-6,8,15H2,1-2H3. The number of benzene rings is 1. The summed E-state index contributed by atoms with van der Waals surface area (Å²) in [6.07, 6.45) is 1.30. The molecule has 1 saturated heterocycles. The summed E-state index contributed by atoms with van der Waals surface area (Å²) >= 11 is 3.60. The molecule has 0 bridgehead atoms. The summed E-state index contributed by atoms with van der Waals surface area (Å²) < 4.78 is 1.12. The minimum Gasteiger partial charge on any atom is -0.371 e. The van der Waals surface area contributed by atoms with Gasteiger partial charge in [0.05, 0.1) is 0 Å². The fourth-order valence-corrected chi connectivity index (χ4v) is 2.98. The van der Waals surface area contributed by atoms with Crippen molar-refractivity contribution in [1.29, 1.82) is 0 Å². The van der Waals surface area contributed by atoms with Gasteiger partial charge in [0.2, 0.25) is 0 Å². The third kappa shape index (κ3) is 2.41. The molecule has 88 valence electrons. The van der Waals surface area contributed by atoms with Gasteiger partial charge in [0.1, 0.15) is 0 Å². The van der Waals surface area contributed by atoms with Gasteiger partial charge in [0.15, 0.2) is 0 Å². The van der Waals surface area contributed by atoms with E-state index in [1.807, 2.05) is 6.92 Å². The highest BCUT2D eigenvalue weighted by molar-refractivity contribution is 9.10. The Morgan fingerprint density at radius 3 is 2.75 bits per heavy atom. The fourth-order valence-electron chi connectivity index (χ4n) is 2.25. The third-order valence-electron chi connectivity index (χ3n) is 3.26. The van der Waals surface area contributed by atoms with Crippen molar-refractivity contribution < 1.29 is 0 Å². The van der Waals surface area contributed by atoms with E-state index < -0.39 is 0 Å². The zero-order valence-electron chi connectivity index (χ0n) is 9.91. The second kappa shape index (κ2) is 4.76. The molecule has 0 spiro atoms. The predicted molar refractivity (Wildman–Crippen MR) is 72.7 cm³/mol. The van der Waals surface area contributed by atoms with Crippen molar-refractivity contribution in [3.8, 4) is 0 Å². The number of halogens is 1. The van der Waals surface area contributed by atoms with Crippen LogP contribution in [0.4, 0.5) is 5.69 Å². The fraction of sp³-hybridized carbons (Fsp3) is 0.538. The van der Waals surface area contributed by atoms with Crippen LogP contribution in [0, 0.1) is 5.92 Å². The van der Waals surface area contributed by atoms with Gasteiger partial charge < -0.3 is 10.6 Å². The number of nitrogens with zero attached hydrogens (tertiary/aromatic N) is 1. The minimum atomic E-state index is 0.0842. The molecule has 0 amide bonds. The first kappa shape index (κ1) is 11.9. The van der Waals surface area contributed by atoms with E-state index in [2.05, 4.69) is 46.0 Å². The van der Waals surface area contributed by atoms with Crippen LogP contribution in [0.5, 0.6) is 0 Å². The molecule has 1 fully saturated rings. The van der Waals surface area contributed by atoms with Crippen LogP contribution in [0.25, 0.3) is 0 Å². The minimum absolute atomic E-state index is 0.0842. The van der Waals surface area contributed by atoms with Crippen LogP contribution in [-0.4, -0.2) is 13.1 Å². The number of rotatable bonds is 2. The highest BCUT2D eigenvalue weighted by Gasteiger charge is 2.19. The smallest absolute Gasteiger partial charge is 0.0377 e. The lowest BCUT2D eigenvalue weighted by molar-refractivity contribution is 0.659. The lowest BCUT2D eigenvalue weighted by atomic mass is 10.1. The van der Waals surface area contributed by atoms with E-state index in [0.29, 0.717) is 0 Å². The van der Waals surface area contributed by atoms with E-state index in [-0.39, 0.29) is 6.04 Å². The summed E-state index contributed by atoms with van der Waals surface area (Å²) in [5.74, 6) is 0.812. The van der Waals surface area contributed by atoms with Crippen molar-refractivity contribution in [1.82, 2.24) is 0 Å². The van der Waals surface area contributed by atoms with E-state index >= 15 is 0 Å². The molecule has 1 aliphatic rings. The molecule has 0 aliphatic carbocycles. The molecule has 1 aromatic carbocycles. The molecule has 1 heterocycles. The van der Waals surface area contributed by atoms with Crippen LogP contribution in [0.15, 0.2) is 22.7 Å². The summed E-state index contributed by atoms with van der Waals surface area (Å²) in [5, 5.41) is 0. The van der Waals surface area contributed by atoms with E-state index in [0.717, 1.165) is 10.4 Å². The third-order valence-corrected chi connectivity index (χ3v) is 3.95. The topological polar surface area (TPSA) is 29.3 Å².